The molecule has 27 heavy (non-hydrogen) atoms. The minimum atomic E-state index is -0.138. The van der Waals surface area contributed by atoms with Gasteiger partial charge in [0.25, 0.3) is 5.56 Å². The van der Waals surface area contributed by atoms with E-state index in [2.05, 4.69) is 26.2 Å². The van der Waals surface area contributed by atoms with E-state index in [1.807, 2.05) is 56.3 Å². The van der Waals surface area contributed by atoms with E-state index in [1.54, 1.807) is 10.6 Å². The Morgan fingerprint density at radius 1 is 1.22 bits per heavy atom. The van der Waals surface area contributed by atoms with Gasteiger partial charge in [-0.15, -0.1) is 0 Å². The van der Waals surface area contributed by atoms with Crippen molar-refractivity contribution < 1.29 is 4.79 Å². The van der Waals surface area contributed by atoms with Gasteiger partial charge in [0.1, 0.15) is 0 Å². The number of nitrogens with zero attached hydrogens (tertiary/aromatic N) is 2. The lowest BCUT2D eigenvalue weighted by Gasteiger charge is -2.18. The van der Waals surface area contributed by atoms with Gasteiger partial charge < -0.3 is 5.32 Å². The largest absolute Gasteiger partial charge is 0.325 e. The van der Waals surface area contributed by atoms with Gasteiger partial charge in [-0.2, -0.15) is 0 Å². The number of aromatic nitrogens is 2. The Morgan fingerprint density at radius 3 is 2.63 bits per heavy atom. The molecular weight excluding hydrogens is 426 g/mol. The average Bonchev–Trinajstić information content (AvgIpc) is 2.68. The molecule has 0 spiro atoms. The van der Waals surface area contributed by atoms with Crippen LogP contribution in [0, 0.1) is 0 Å². The second kappa shape index (κ2) is 8.71. The third-order valence-electron chi connectivity index (χ3n) is 4.27. The van der Waals surface area contributed by atoms with Crippen LogP contribution < -0.4 is 10.9 Å². The first-order chi connectivity index (χ1) is 13.0. The van der Waals surface area contributed by atoms with Crippen LogP contribution in [0.3, 0.4) is 0 Å². The van der Waals surface area contributed by atoms with Gasteiger partial charge in [0, 0.05) is 16.2 Å². The molecule has 1 heterocycles. The number of hydrogen-bond donors (Lipinski definition) is 1. The van der Waals surface area contributed by atoms with Crippen LogP contribution in [0.25, 0.3) is 10.9 Å². The van der Waals surface area contributed by atoms with Gasteiger partial charge in [0.2, 0.25) is 5.91 Å². The van der Waals surface area contributed by atoms with Crippen molar-refractivity contribution in [2.45, 2.75) is 31.5 Å². The lowest BCUT2D eigenvalue weighted by atomic mass is 10.2. The zero-order valence-corrected chi connectivity index (χ0v) is 17.5. The Kier molecular flexibility index (Phi) is 6.34. The van der Waals surface area contributed by atoms with E-state index in [0.29, 0.717) is 16.1 Å². The van der Waals surface area contributed by atoms with Gasteiger partial charge >= 0.3 is 0 Å². The summed E-state index contributed by atoms with van der Waals surface area (Å²) >= 11 is 4.65. The molecular formula is C20H20BrN3O2S. The van der Waals surface area contributed by atoms with Crippen LogP contribution in [-0.2, 0) is 4.79 Å². The number of fused-ring (bicyclic) bond motifs is 1. The third kappa shape index (κ3) is 4.59. The molecule has 5 nitrogen and oxygen atoms in total. The Hall–Kier alpha value is -2.12. The summed E-state index contributed by atoms with van der Waals surface area (Å²) in [5, 5.41) is 4.03. The van der Waals surface area contributed by atoms with Gasteiger partial charge in [0.15, 0.2) is 5.16 Å². The molecule has 0 aliphatic heterocycles. The van der Waals surface area contributed by atoms with E-state index in [9.17, 15) is 9.59 Å². The van der Waals surface area contributed by atoms with E-state index in [0.717, 1.165) is 16.6 Å². The van der Waals surface area contributed by atoms with Gasteiger partial charge in [-0.3, -0.25) is 14.2 Å². The fourth-order valence-electron chi connectivity index (χ4n) is 2.66. The van der Waals surface area contributed by atoms with Crippen molar-refractivity contribution in [3.05, 3.63) is 63.4 Å². The Bertz CT molecular complexity index is 1020. The number of hydrogen-bond acceptors (Lipinski definition) is 4. The fourth-order valence-corrected chi connectivity index (χ4v) is 3.82. The second-order valence-corrected chi connectivity index (χ2v) is 8.05. The van der Waals surface area contributed by atoms with Crippen molar-refractivity contribution in [2.75, 3.05) is 11.1 Å². The number of carbonyl (C=O) groups is 1. The number of anilines is 1. The average molecular weight is 446 g/mol. The first-order valence-electron chi connectivity index (χ1n) is 8.69. The highest BCUT2D eigenvalue weighted by molar-refractivity contribution is 9.10. The van der Waals surface area contributed by atoms with Crippen LogP contribution >= 0.6 is 27.7 Å². The number of rotatable bonds is 6. The summed E-state index contributed by atoms with van der Waals surface area (Å²) in [6.07, 6.45) is 0.804. The normalized spacial score (nSPS) is 12.1. The summed E-state index contributed by atoms with van der Waals surface area (Å²) < 4.78 is 2.65. The molecule has 0 radical (unpaired) electrons. The Labute approximate surface area is 170 Å². The number of amides is 1. The van der Waals surface area contributed by atoms with E-state index in [1.165, 1.54) is 11.8 Å². The first kappa shape index (κ1) is 19.6. The van der Waals surface area contributed by atoms with Crippen LogP contribution in [0.5, 0.6) is 0 Å². The van der Waals surface area contributed by atoms with Crippen molar-refractivity contribution >= 4 is 50.2 Å². The molecule has 2 aromatic carbocycles. The molecule has 3 rings (SSSR count). The molecule has 1 N–H and O–H groups in total. The monoisotopic (exact) mass is 445 g/mol. The van der Waals surface area contributed by atoms with Crippen LogP contribution in [0.2, 0.25) is 0 Å². The van der Waals surface area contributed by atoms with Gasteiger partial charge in [-0.25, -0.2) is 4.98 Å². The molecule has 7 heteroatoms. The van der Waals surface area contributed by atoms with Gasteiger partial charge in [0.05, 0.1) is 16.7 Å². The minimum absolute atomic E-state index is 0.00615. The summed E-state index contributed by atoms with van der Waals surface area (Å²) in [7, 11) is 0. The number of para-hydroxylation sites is 1. The SMILES string of the molecule is CCC(C)n1c(SCC(=O)Nc2ccc(Br)cc2)nc2ccccc2c1=O. The van der Waals surface area contributed by atoms with Crippen LogP contribution in [-0.4, -0.2) is 21.2 Å². The third-order valence-corrected chi connectivity index (χ3v) is 5.75. The molecule has 1 aromatic heterocycles. The Morgan fingerprint density at radius 2 is 1.93 bits per heavy atom. The highest BCUT2D eigenvalue weighted by Crippen LogP contribution is 2.23. The van der Waals surface area contributed by atoms with Crippen molar-refractivity contribution in [1.29, 1.82) is 0 Å². The fraction of sp³-hybridized carbons (Fsp3) is 0.250. The van der Waals surface area contributed by atoms with Crippen LogP contribution in [0.4, 0.5) is 5.69 Å². The van der Waals surface area contributed by atoms with Crippen LogP contribution in [0.1, 0.15) is 26.3 Å². The highest BCUT2D eigenvalue weighted by atomic mass is 79.9. The summed E-state index contributed by atoms with van der Waals surface area (Å²) in [4.78, 5) is 29.9. The molecule has 0 aliphatic carbocycles. The Balaban J connectivity index is 1.84. The van der Waals surface area contributed by atoms with Gasteiger partial charge in [-0.1, -0.05) is 46.7 Å². The van der Waals surface area contributed by atoms with E-state index < -0.39 is 0 Å². The smallest absolute Gasteiger partial charge is 0.262 e. The molecule has 0 saturated carbocycles. The second-order valence-electron chi connectivity index (χ2n) is 6.19. The quantitative estimate of drug-likeness (QED) is 0.434. The predicted molar refractivity (Wildman–Crippen MR) is 115 cm³/mol. The van der Waals surface area contributed by atoms with Crippen molar-refractivity contribution in [3.8, 4) is 0 Å². The maximum absolute atomic E-state index is 12.9. The number of halogens is 1. The predicted octanol–water partition coefficient (Wildman–Crippen LogP) is 4.86. The standard InChI is InChI=1S/C20H20BrN3O2S/c1-3-13(2)24-19(26)16-6-4-5-7-17(16)23-20(24)27-12-18(25)22-15-10-8-14(21)9-11-15/h4-11,13H,3,12H2,1-2H3,(H,22,25). The number of carbonyl (C=O) groups excluding carboxylic acids is 1. The summed E-state index contributed by atoms with van der Waals surface area (Å²) in [5.74, 6) is 0.0394. The van der Waals surface area contributed by atoms with E-state index in [-0.39, 0.29) is 23.3 Å². The lowest BCUT2D eigenvalue weighted by Crippen LogP contribution is -2.26. The van der Waals surface area contributed by atoms with E-state index >= 15 is 0 Å². The summed E-state index contributed by atoms with van der Waals surface area (Å²) in [6.45, 7) is 4.02. The molecule has 1 unspecified atom stereocenters. The van der Waals surface area contributed by atoms with Crippen molar-refractivity contribution in [3.63, 3.8) is 0 Å². The molecule has 3 aromatic rings. The van der Waals surface area contributed by atoms with Crippen LogP contribution in [0.15, 0.2) is 63.0 Å². The molecule has 1 amide bonds. The number of benzene rings is 2. The molecule has 0 bridgehead atoms. The topological polar surface area (TPSA) is 64.0 Å². The zero-order valence-electron chi connectivity index (χ0n) is 15.1. The lowest BCUT2D eigenvalue weighted by molar-refractivity contribution is -0.113. The molecule has 0 aliphatic rings. The molecule has 140 valence electrons. The molecule has 1 atom stereocenters. The summed E-state index contributed by atoms with van der Waals surface area (Å²) in [6, 6.07) is 14.7. The first-order valence-corrected chi connectivity index (χ1v) is 10.5. The number of nitrogens with one attached hydrogen (secondary N) is 1. The minimum Gasteiger partial charge on any atom is -0.325 e. The number of thioether (sulfide) groups is 1. The zero-order chi connectivity index (χ0) is 19.4. The molecule has 0 fully saturated rings. The van der Waals surface area contributed by atoms with Gasteiger partial charge in [-0.05, 0) is 49.7 Å². The highest BCUT2D eigenvalue weighted by Gasteiger charge is 2.16. The van der Waals surface area contributed by atoms with Crippen molar-refractivity contribution in [1.82, 2.24) is 9.55 Å². The maximum atomic E-state index is 12.9. The maximum Gasteiger partial charge on any atom is 0.262 e. The van der Waals surface area contributed by atoms with Crippen molar-refractivity contribution in [2.24, 2.45) is 0 Å². The summed E-state index contributed by atoms with van der Waals surface area (Å²) in [5.41, 5.74) is 1.32. The van der Waals surface area contributed by atoms with E-state index in [4.69, 9.17) is 0 Å². The molecule has 0 saturated heterocycles.